The number of ether oxygens (including phenoxy) is 10. The standard InChI is InChI=1S/C37H67NO25Si/c1-12-30(61-36-28(52)24(48)21(45)17(60-36)11-55-34-27(51)23(47)19(43)14(8-39)58-34)26(50)29(53)35(56-12)63-32-25(49)20(44)15(9-40)59-37(32)62-31-18(38-13(2)42)33(54-6-7-64(3,4)5)57-16(10-41)22(31)46/h12,14-37,39-41,43-53H,6-11H2,1-5H3,(H,38,42)/t12-,14+,15+,16+,17+,18+,19-,20-,21-,22+,23-,24-,25-,26-,27+,28+,29-,30+,31+,32+,33+,34-,35-,36+,37-/m0/s1. The second-order valence-electron chi connectivity index (χ2n) is 17.9. The van der Waals surface area contributed by atoms with Crippen LogP contribution in [0.2, 0.25) is 25.7 Å². The van der Waals surface area contributed by atoms with Gasteiger partial charge in [-0.15, -0.1) is 0 Å². The fourth-order valence-corrected chi connectivity index (χ4v) is 8.61. The van der Waals surface area contributed by atoms with Crippen molar-refractivity contribution in [1.29, 1.82) is 0 Å². The Morgan fingerprint density at radius 2 is 0.938 bits per heavy atom. The van der Waals surface area contributed by atoms with E-state index in [1.54, 1.807) is 0 Å². The van der Waals surface area contributed by atoms with Crippen LogP contribution in [0.3, 0.4) is 0 Å². The largest absolute Gasteiger partial charge is 0.394 e. The lowest BCUT2D eigenvalue weighted by atomic mass is 9.95. The van der Waals surface area contributed by atoms with Gasteiger partial charge < -0.3 is 124 Å². The molecule has 27 heteroatoms. The maximum atomic E-state index is 12.4. The van der Waals surface area contributed by atoms with Crippen LogP contribution in [0.1, 0.15) is 13.8 Å². The molecule has 5 heterocycles. The van der Waals surface area contributed by atoms with Crippen LogP contribution in [0.15, 0.2) is 0 Å². The Labute approximate surface area is 368 Å². The Morgan fingerprint density at radius 1 is 0.500 bits per heavy atom. The third-order valence-electron chi connectivity index (χ3n) is 11.8. The summed E-state index contributed by atoms with van der Waals surface area (Å²) < 4.78 is 57.7. The quantitative estimate of drug-likeness (QED) is 0.0602. The summed E-state index contributed by atoms with van der Waals surface area (Å²) in [7, 11) is -1.64. The Bertz CT molecular complexity index is 1450. The van der Waals surface area contributed by atoms with Gasteiger partial charge in [0.2, 0.25) is 5.91 Å². The van der Waals surface area contributed by atoms with E-state index in [-0.39, 0.29) is 6.61 Å². The van der Waals surface area contributed by atoms with Gasteiger partial charge in [0.05, 0.1) is 32.5 Å². The summed E-state index contributed by atoms with van der Waals surface area (Å²) in [6.07, 6.45) is -41.1. The lowest BCUT2D eigenvalue weighted by Gasteiger charge is -2.50. The van der Waals surface area contributed by atoms with Crippen molar-refractivity contribution in [1.82, 2.24) is 5.32 Å². The van der Waals surface area contributed by atoms with Gasteiger partial charge in [-0.1, -0.05) is 19.6 Å². The Hall–Kier alpha value is -1.27. The molecular weight excluding hydrogens is 886 g/mol. The van der Waals surface area contributed by atoms with E-state index in [1.807, 2.05) is 0 Å². The van der Waals surface area contributed by atoms with Gasteiger partial charge in [-0.25, -0.2) is 0 Å². The number of aliphatic hydroxyl groups is 14. The van der Waals surface area contributed by atoms with Gasteiger partial charge in [0.1, 0.15) is 116 Å². The molecule has 64 heavy (non-hydrogen) atoms. The van der Waals surface area contributed by atoms with Crippen LogP contribution in [0.4, 0.5) is 0 Å². The molecule has 0 unspecified atom stereocenters. The van der Waals surface area contributed by atoms with Gasteiger partial charge >= 0.3 is 0 Å². The molecule has 5 aliphatic heterocycles. The minimum atomic E-state index is -2.06. The van der Waals surface area contributed by atoms with Crippen molar-refractivity contribution < 1.29 is 124 Å². The van der Waals surface area contributed by atoms with Crippen molar-refractivity contribution in [2.45, 2.75) is 193 Å². The highest BCUT2D eigenvalue weighted by atomic mass is 28.3. The topological polar surface area (TPSA) is 405 Å². The molecule has 26 nitrogen and oxygen atoms in total. The average Bonchev–Trinajstić information content (AvgIpc) is 3.24. The fraction of sp³-hybridized carbons (Fsp3) is 0.973. The van der Waals surface area contributed by atoms with Crippen LogP contribution in [0, 0.1) is 0 Å². The second-order valence-corrected chi connectivity index (χ2v) is 23.5. The van der Waals surface area contributed by atoms with Crippen molar-refractivity contribution in [2.24, 2.45) is 0 Å². The van der Waals surface area contributed by atoms with E-state index in [2.05, 4.69) is 25.0 Å². The monoisotopic (exact) mass is 953 g/mol. The number of carbonyl (C=O) groups excluding carboxylic acids is 1. The van der Waals surface area contributed by atoms with Gasteiger partial charge in [-0.2, -0.15) is 0 Å². The summed E-state index contributed by atoms with van der Waals surface area (Å²) in [5.74, 6) is -0.594. The molecule has 5 aliphatic rings. The molecule has 1 amide bonds. The first kappa shape index (κ1) is 53.7. The fourth-order valence-electron chi connectivity index (χ4n) is 7.88. The van der Waals surface area contributed by atoms with E-state index in [4.69, 9.17) is 47.4 Å². The average molecular weight is 954 g/mol. The van der Waals surface area contributed by atoms with Crippen molar-refractivity contribution >= 4 is 14.0 Å². The smallest absolute Gasteiger partial charge is 0.217 e. The van der Waals surface area contributed by atoms with Crippen LogP contribution in [0.5, 0.6) is 0 Å². The molecule has 0 aromatic rings. The zero-order valence-electron chi connectivity index (χ0n) is 35.9. The Kier molecular flexibility index (Phi) is 19.2. The second kappa shape index (κ2) is 22.9. The van der Waals surface area contributed by atoms with E-state index in [0.717, 1.165) is 0 Å². The third-order valence-corrected chi connectivity index (χ3v) is 13.5. The van der Waals surface area contributed by atoms with E-state index < -0.39 is 194 Å². The normalized spacial score (nSPS) is 48.2. The zero-order valence-corrected chi connectivity index (χ0v) is 36.9. The maximum Gasteiger partial charge on any atom is 0.217 e. The summed E-state index contributed by atoms with van der Waals surface area (Å²) >= 11 is 0. The van der Waals surface area contributed by atoms with Crippen molar-refractivity contribution in [3.05, 3.63) is 0 Å². The third kappa shape index (κ3) is 12.3. The van der Waals surface area contributed by atoms with E-state index in [1.165, 1.54) is 13.8 Å². The lowest BCUT2D eigenvalue weighted by molar-refractivity contribution is -0.391. The number of nitrogens with one attached hydrogen (secondary N) is 1. The number of carbonyl (C=O) groups is 1. The maximum absolute atomic E-state index is 12.4. The summed E-state index contributed by atoms with van der Waals surface area (Å²) in [4.78, 5) is 12.4. The lowest BCUT2D eigenvalue weighted by Crippen LogP contribution is -2.69. The molecule has 374 valence electrons. The number of amides is 1. The summed E-state index contributed by atoms with van der Waals surface area (Å²) in [5, 5.41) is 151. The van der Waals surface area contributed by atoms with Crippen LogP contribution < -0.4 is 5.32 Å². The predicted octanol–water partition coefficient (Wildman–Crippen LogP) is -8.39. The highest BCUT2D eigenvalue weighted by molar-refractivity contribution is 6.76. The van der Waals surface area contributed by atoms with Crippen LogP contribution in [-0.4, -0.2) is 272 Å². The number of hydrogen-bond acceptors (Lipinski definition) is 25. The molecule has 5 fully saturated rings. The highest BCUT2D eigenvalue weighted by Gasteiger charge is 2.56. The van der Waals surface area contributed by atoms with Gasteiger partial charge in [-0.05, 0) is 13.0 Å². The van der Waals surface area contributed by atoms with E-state index in [9.17, 15) is 76.3 Å². The number of rotatable bonds is 17. The first-order valence-electron chi connectivity index (χ1n) is 21.1. The molecule has 0 radical (unpaired) electrons. The molecule has 5 saturated heterocycles. The summed E-state index contributed by atoms with van der Waals surface area (Å²) in [6, 6.07) is -0.602. The summed E-state index contributed by atoms with van der Waals surface area (Å²) in [5.41, 5.74) is 0. The molecule has 0 aliphatic carbocycles. The van der Waals surface area contributed by atoms with E-state index in [0.29, 0.717) is 6.04 Å². The molecule has 0 aromatic heterocycles. The molecule has 0 aromatic carbocycles. The van der Waals surface area contributed by atoms with E-state index >= 15 is 0 Å². The zero-order chi connectivity index (χ0) is 47.5. The van der Waals surface area contributed by atoms with Gasteiger partial charge in [0, 0.05) is 21.6 Å². The first-order valence-corrected chi connectivity index (χ1v) is 24.8. The summed E-state index contributed by atoms with van der Waals surface area (Å²) in [6.45, 7) is 5.99. The van der Waals surface area contributed by atoms with Gasteiger partial charge in [-0.3, -0.25) is 4.79 Å². The minimum absolute atomic E-state index is 0.178. The number of hydrogen-bond donors (Lipinski definition) is 15. The molecule has 0 spiro atoms. The molecular formula is C37H67NO25Si. The molecule has 15 N–H and O–H groups in total. The van der Waals surface area contributed by atoms with Gasteiger partial charge in [0.15, 0.2) is 31.5 Å². The Morgan fingerprint density at radius 3 is 1.52 bits per heavy atom. The highest BCUT2D eigenvalue weighted by Crippen LogP contribution is 2.35. The van der Waals surface area contributed by atoms with Crippen molar-refractivity contribution in [2.75, 3.05) is 33.0 Å². The number of aliphatic hydroxyl groups excluding tert-OH is 14. The van der Waals surface area contributed by atoms with Crippen LogP contribution in [-0.2, 0) is 52.2 Å². The SMILES string of the molecule is CC(=O)N[C@H]1[C@H](OCC[Si](C)(C)C)O[C@H](CO)[C@@H](O)[C@@H]1O[C@@H]1O[C@H](CO)[C@H](O)[C@H](O)[C@H]1O[C@@H]1O[C@@H](C)[C@@H](O[C@H]2O[C@H](CO[C@H]3O[C@H](CO)[C@H](O)[C@H](O)[C@H]3O)[C@H](O)[C@H](O)[C@H]2O)[C@@H](O)[C@@H]1O. The molecule has 25 atom stereocenters. The predicted molar refractivity (Wildman–Crippen MR) is 209 cm³/mol. The molecule has 0 saturated carbocycles. The van der Waals surface area contributed by atoms with Crippen LogP contribution in [0.25, 0.3) is 0 Å². The minimum Gasteiger partial charge on any atom is -0.394 e. The van der Waals surface area contributed by atoms with Gasteiger partial charge in [0.25, 0.3) is 0 Å². The van der Waals surface area contributed by atoms with Crippen molar-refractivity contribution in [3.8, 4) is 0 Å². The molecule has 5 rings (SSSR count). The van der Waals surface area contributed by atoms with Crippen LogP contribution >= 0.6 is 0 Å². The van der Waals surface area contributed by atoms with Crippen molar-refractivity contribution in [3.63, 3.8) is 0 Å². The Balaban J connectivity index is 1.30. The molecule has 0 bridgehead atoms. The first-order chi connectivity index (χ1) is 30.0.